The number of halogens is 2. The molecule has 0 unspecified atom stereocenters. The highest BCUT2D eigenvalue weighted by atomic mass is 35.5. The summed E-state index contributed by atoms with van der Waals surface area (Å²) in [7, 11) is 0. The second-order valence-electron chi connectivity index (χ2n) is 4.57. The van der Waals surface area contributed by atoms with Gasteiger partial charge in [0.1, 0.15) is 0 Å². The highest BCUT2D eigenvalue weighted by Crippen LogP contribution is 2.23. The zero-order valence-electron chi connectivity index (χ0n) is 11.3. The lowest BCUT2D eigenvalue weighted by molar-refractivity contribution is -0.120. The van der Waals surface area contributed by atoms with E-state index in [1.807, 2.05) is 13.8 Å². The lowest BCUT2D eigenvalue weighted by atomic mass is 10.1. The van der Waals surface area contributed by atoms with Gasteiger partial charge in [-0.25, -0.2) is 0 Å². The first-order valence-corrected chi connectivity index (χ1v) is 6.94. The van der Waals surface area contributed by atoms with Crippen LogP contribution in [0.3, 0.4) is 0 Å². The van der Waals surface area contributed by atoms with Gasteiger partial charge in [0, 0.05) is 33.4 Å². The van der Waals surface area contributed by atoms with Crippen molar-refractivity contribution >= 4 is 29.1 Å². The zero-order chi connectivity index (χ0) is 14.7. The van der Waals surface area contributed by atoms with E-state index < -0.39 is 0 Å². The third-order valence-corrected chi connectivity index (χ3v) is 3.85. The summed E-state index contributed by atoms with van der Waals surface area (Å²) >= 11 is 12.1. The van der Waals surface area contributed by atoms with Gasteiger partial charge in [-0.2, -0.15) is 5.10 Å². The summed E-state index contributed by atoms with van der Waals surface area (Å²) in [5.41, 5.74) is 3.40. The number of nitrogens with one attached hydrogen (secondary N) is 2. The van der Waals surface area contributed by atoms with Crippen LogP contribution in [-0.2, 0) is 17.8 Å². The van der Waals surface area contributed by atoms with Crippen molar-refractivity contribution in [3.05, 3.63) is 50.8 Å². The normalized spacial score (nSPS) is 10.6. The Morgan fingerprint density at radius 3 is 2.45 bits per heavy atom. The number of rotatable bonds is 4. The number of amides is 1. The van der Waals surface area contributed by atoms with Gasteiger partial charge in [0.15, 0.2) is 0 Å². The maximum absolute atomic E-state index is 12.0. The number of hydrogen-bond acceptors (Lipinski definition) is 2. The lowest BCUT2D eigenvalue weighted by Crippen LogP contribution is -2.25. The van der Waals surface area contributed by atoms with E-state index >= 15 is 0 Å². The SMILES string of the molecule is Cc1n[nH]c(C)c1CC(=O)NCc1c(Cl)cccc1Cl. The van der Waals surface area contributed by atoms with Gasteiger partial charge in [0.25, 0.3) is 0 Å². The molecule has 0 saturated heterocycles. The van der Waals surface area contributed by atoms with Gasteiger partial charge in [-0.15, -0.1) is 0 Å². The zero-order valence-corrected chi connectivity index (χ0v) is 12.8. The predicted octanol–water partition coefficient (Wildman–Crippen LogP) is 3.19. The number of carbonyl (C=O) groups is 1. The number of aromatic nitrogens is 2. The van der Waals surface area contributed by atoms with Gasteiger partial charge in [-0.05, 0) is 26.0 Å². The molecule has 0 aliphatic rings. The standard InChI is InChI=1S/C14H15Cl2N3O/c1-8-10(9(2)19-18-8)6-14(20)17-7-11-12(15)4-3-5-13(11)16/h3-5H,6-7H2,1-2H3,(H,17,20)(H,18,19). The van der Waals surface area contributed by atoms with Crippen LogP contribution in [0, 0.1) is 13.8 Å². The molecule has 1 amide bonds. The van der Waals surface area contributed by atoms with Crippen LogP contribution < -0.4 is 5.32 Å². The quantitative estimate of drug-likeness (QED) is 0.911. The van der Waals surface area contributed by atoms with Crippen LogP contribution in [0.25, 0.3) is 0 Å². The Bertz CT molecular complexity index is 598. The van der Waals surface area contributed by atoms with Gasteiger partial charge in [-0.1, -0.05) is 29.3 Å². The van der Waals surface area contributed by atoms with E-state index in [1.165, 1.54) is 0 Å². The average molecular weight is 312 g/mol. The minimum atomic E-state index is -0.0893. The maximum atomic E-state index is 12.0. The molecule has 20 heavy (non-hydrogen) atoms. The minimum absolute atomic E-state index is 0.0893. The van der Waals surface area contributed by atoms with Crippen LogP contribution in [0.4, 0.5) is 0 Å². The number of carbonyl (C=O) groups excluding carboxylic acids is 1. The molecule has 0 aliphatic heterocycles. The smallest absolute Gasteiger partial charge is 0.224 e. The van der Waals surface area contributed by atoms with E-state index in [2.05, 4.69) is 15.5 Å². The molecule has 2 N–H and O–H groups in total. The van der Waals surface area contributed by atoms with Crippen LogP contribution in [0.2, 0.25) is 10.0 Å². The fraction of sp³-hybridized carbons (Fsp3) is 0.286. The summed E-state index contributed by atoms with van der Waals surface area (Å²) in [6, 6.07) is 5.27. The predicted molar refractivity (Wildman–Crippen MR) is 80.1 cm³/mol. The Morgan fingerprint density at radius 2 is 1.90 bits per heavy atom. The number of aryl methyl sites for hydroxylation is 2. The lowest BCUT2D eigenvalue weighted by Gasteiger charge is -2.09. The summed E-state index contributed by atoms with van der Waals surface area (Å²) in [4.78, 5) is 12.0. The molecule has 106 valence electrons. The molecule has 0 aliphatic carbocycles. The molecule has 2 aromatic rings. The highest BCUT2D eigenvalue weighted by Gasteiger charge is 2.12. The Labute approximate surface area is 127 Å². The second kappa shape index (κ2) is 6.29. The van der Waals surface area contributed by atoms with E-state index in [1.54, 1.807) is 18.2 Å². The second-order valence-corrected chi connectivity index (χ2v) is 5.38. The largest absolute Gasteiger partial charge is 0.352 e. The summed E-state index contributed by atoms with van der Waals surface area (Å²) in [5.74, 6) is -0.0893. The topological polar surface area (TPSA) is 57.8 Å². The fourth-order valence-electron chi connectivity index (χ4n) is 1.95. The molecule has 1 aromatic carbocycles. The van der Waals surface area contributed by atoms with Crippen LogP contribution >= 0.6 is 23.2 Å². The monoisotopic (exact) mass is 311 g/mol. The van der Waals surface area contributed by atoms with Crippen molar-refractivity contribution in [3.8, 4) is 0 Å². The van der Waals surface area contributed by atoms with Crippen molar-refractivity contribution in [2.24, 2.45) is 0 Å². The molecular weight excluding hydrogens is 297 g/mol. The maximum Gasteiger partial charge on any atom is 0.224 e. The van der Waals surface area contributed by atoms with Crippen molar-refractivity contribution in [3.63, 3.8) is 0 Å². The Balaban J connectivity index is 2.00. The van der Waals surface area contributed by atoms with E-state index in [0.717, 1.165) is 22.5 Å². The van der Waals surface area contributed by atoms with Crippen molar-refractivity contribution in [2.45, 2.75) is 26.8 Å². The molecular formula is C14H15Cl2N3O. The van der Waals surface area contributed by atoms with Crippen LogP contribution in [-0.4, -0.2) is 16.1 Å². The number of H-pyrrole nitrogens is 1. The number of benzene rings is 1. The van der Waals surface area contributed by atoms with E-state index in [-0.39, 0.29) is 12.3 Å². The minimum Gasteiger partial charge on any atom is -0.352 e. The van der Waals surface area contributed by atoms with Crippen molar-refractivity contribution in [1.82, 2.24) is 15.5 Å². The number of nitrogens with zero attached hydrogens (tertiary/aromatic N) is 1. The average Bonchev–Trinajstić information content (AvgIpc) is 2.70. The van der Waals surface area contributed by atoms with Gasteiger partial charge < -0.3 is 5.32 Å². The van der Waals surface area contributed by atoms with Gasteiger partial charge >= 0.3 is 0 Å². The van der Waals surface area contributed by atoms with Gasteiger partial charge in [-0.3, -0.25) is 9.89 Å². The van der Waals surface area contributed by atoms with Gasteiger partial charge in [0.2, 0.25) is 5.91 Å². The third-order valence-electron chi connectivity index (χ3n) is 3.14. The van der Waals surface area contributed by atoms with E-state index in [0.29, 0.717) is 16.6 Å². The first-order valence-electron chi connectivity index (χ1n) is 6.19. The third kappa shape index (κ3) is 3.32. The molecule has 0 saturated carbocycles. The van der Waals surface area contributed by atoms with E-state index in [9.17, 15) is 4.79 Å². The Morgan fingerprint density at radius 1 is 1.25 bits per heavy atom. The number of aromatic amines is 1. The Hall–Kier alpha value is -1.52. The van der Waals surface area contributed by atoms with Crippen molar-refractivity contribution in [2.75, 3.05) is 0 Å². The van der Waals surface area contributed by atoms with Crippen molar-refractivity contribution < 1.29 is 4.79 Å². The molecule has 0 spiro atoms. The molecule has 1 aromatic heterocycles. The first-order chi connectivity index (χ1) is 9.49. The molecule has 0 fully saturated rings. The van der Waals surface area contributed by atoms with E-state index in [4.69, 9.17) is 23.2 Å². The molecule has 1 heterocycles. The molecule has 2 rings (SSSR count). The van der Waals surface area contributed by atoms with Crippen molar-refractivity contribution in [1.29, 1.82) is 0 Å². The number of hydrogen-bond donors (Lipinski definition) is 2. The molecule has 0 bridgehead atoms. The fourth-order valence-corrected chi connectivity index (χ4v) is 2.48. The highest BCUT2D eigenvalue weighted by molar-refractivity contribution is 6.36. The van der Waals surface area contributed by atoms with Gasteiger partial charge in [0.05, 0.1) is 12.1 Å². The Kier molecular flexibility index (Phi) is 4.68. The van der Waals surface area contributed by atoms with Crippen LogP contribution in [0.1, 0.15) is 22.5 Å². The van der Waals surface area contributed by atoms with Crippen LogP contribution in [0.5, 0.6) is 0 Å². The first kappa shape index (κ1) is 14.9. The van der Waals surface area contributed by atoms with Crippen LogP contribution in [0.15, 0.2) is 18.2 Å². The summed E-state index contributed by atoms with van der Waals surface area (Å²) in [5, 5.41) is 10.9. The molecule has 4 nitrogen and oxygen atoms in total. The molecule has 6 heteroatoms. The molecule has 0 atom stereocenters. The summed E-state index contributed by atoms with van der Waals surface area (Å²) in [6.45, 7) is 4.08. The molecule has 0 radical (unpaired) electrons. The summed E-state index contributed by atoms with van der Waals surface area (Å²) in [6.07, 6.45) is 0.288. The summed E-state index contributed by atoms with van der Waals surface area (Å²) < 4.78 is 0.